The number of fused-ring (bicyclic) bond motifs is 1. The van der Waals surface area contributed by atoms with Gasteiger partial charge in [0.15, 0.2) is 5.13 Å². The molecule has 23 heavy (non-hydrogen) atoms. The van der Waals surface area contributed by atoms with Crippen molar-refractivity contribution in [1.29, 1.82) is 0 Å². The van der Waals surface area contributed by atoms with Crippen LogP contribution in [0.4, 0.5) is 5.13 Å². The van der Waals surface area contributed by atoms with E-state index in [1.165, 1.54) is 16.9 Å². The highest BCUT2D eigenvalue weighted by molar-refractivity contribution is 7.14. The number of carbonyl (C=O) groups is 1. The number of hydrogen-bond acceptors (Lipinski definition) is 5. The Balaban J connectivity index is 1.47. The van der Waals surface area contributed by atoms with Crippen LogP contribution in [0.2, 0.25) is 0 Å². The van der Waals surface area contributed by atoms with Gasteiger partial charge in [-0.15, -0.1) is 11.3 Å². The van der Waals surface area contributed by atoms with E-state index < -0.39 is 0 Å². The fraction of sp³-hybridized carbons (Fsp3) is 0.412. The van der Waals surface area contributed by atoms with Crippen LogP contribution >= 0.6 is 11.3 Å². The number of amides is 1. The molecule has 0 saturated carbocycles. The van der Waals surface area contributed by atoms with Gasteiger partial charge in [-0.3, -0.25) is 4.79 Å². The Hall–Kier alpha value is -1.92. The molecule has 1 atom stereocenters. The van der Waals surface area contributed by atoms with Crippen molar-refractivity contribution in [2.45, 2.75) is 31.7 Å². The first-order valence-electron chi connectivity index (χ1n) is 8.05. The maximum atomic E-state index is 12.2. The number of hydrogen-bond donors (Lipinski definition) is 2. The molecule has 2 aliphatic rings. The predicted molar refractivity (Wildman–Crippen MR) is 91.0 cm³/mol. The number of nitrogens with one attached hydrogen (secondary N) is 2. The molecule has 1 saturated heterocycles. The fourth-order valence-corrected chi connectivity index (χ4v) is 3.80. The van der Waals surface area contributed by atoms with E-state index >= 15 is 0 Å². The molecule has 0 radical (unpaired) electrons. The van der Waals surface area contributed by atoms with Crippen LogP contribution in [0, 0.1) is 0 Å². The number of aromatic nitrogens is 1. The summed E-state index contributed by atoms with van der Waals surface area (Å²) in [6.45, 7) is 1.67. The van der Waals surface area contributed by atoms with Crippen molar-refractivity contribution in [3.63, 3.8) is 0 Å². The minimum atomic E-state index is -0.0896. The lowest BCUT2D eigenvalue weighted by atomic mass is 10.0. The average Bonchev–Trinajstić information content (AvgIpc) is 3.23. The molecule has 1 aromatic heterocycles. The summed E-state index contributed by atoms with van der Waals surface area (Å²) in [5, 5.41) is 8.84. The second-order valence-electron chi connectivity index (χ2n) is 5.95. The number of rotatable bonds is 3. The predicted octanol–water partition coefficient (Wildman–Crippen LogP) is 2.83. The van der Waals surface area contributed by atoms with E-state index in [1.54, 1.807) is 0 Å². The van der Waals surface area contributed by atoms with Gasteiger partial charge >= 0.3 is 0 Å². The molecule has 4 rings (SSSR count). The molecule has 2 aliphatic heterocycles. The molecule has 2 N–H and O–H groups in total. The average molecular weight is 329 g/mol. The molecular weight excluding hydrogens is 310 g/mol. The first kappa shape index (κ1) is 14.7. The van der Waals surface area contributed by atoms with Crippen LogP contribution in [0.5, 0.6) is 5.75 Å². The molecule has 0 aliphatic carbocycles. The van der Waals surface area contributed by atoms with Gasteiger partial charge < -0.3 is 15.4 Å². The Morgan fingerprint density at radius 2 is 2.35 bits per heavy atom. The zero-order valence-electron chi connectivity index (χ0n) is 12.8. The molecule has 1 fully saturated rings. The van der Waals surface area contributed by atoms with E-state index in [0.29, 0.717) is 5.13 Å². The van der Waals surface area contributed by atoms with Gasteiger partial charge in [0.25, 0.3) is 0 Å². The second kappa shape index (κ2) is 6.29. The SMILES string of the molecule is O=C(Nc1nc(-c2ccc3c(c2)CCO3)cs1)C1CCCCN1. The van der Waals surface area contributed by atoms with Crippen LogP contribution in [-0.4, -0.2) is 30.1 Å². The lowest BCUT2D eigenvalue weighted by Crippen LogP contribution is -2.43. The van der Waals surface area contributed by atoms with Crippen LogP contribution in [0.1, 0.15) is 24.8 Å². The van der Waals surface area contributed by atoms with Crippen LogP contribution in [0.15, 0.2) is 23.6 Å². The van der Waals surface area contributed by atoms with Gasteiger partial charge in [-0.1, -0.05) is 6.42 Å². The zero-order chi connectivity index (χ0) is 15.6. The zero-order valence-corrected chi connectivity index (χ0v) is 13.6. The van der Waals surface area contributed by atoms with Crippen LogP contribution in [0.3, 0.4) is 0 Å². The Labute approximate surface area is 139 Å². The van der Waals surface area contributed by atoms with Gasteiger partial charge in [-0.2, -0.15) is 0 Å². The monoisotopic (exact) mass is 329 g/mol. The summed E-state index contributed by atoms with van der Waals surface area (Å²) in [6.07, 6.45) is 4.10. The molecule has 1 unspecified atom stereocenters. The number of thiazole rings is 1. The van der Waals surface area contributed by atoms with Crippen LogP contribution in [0.25, 0.3) is 11.3 Å². The second-order valence-corrected chi connectivity index (χ2v) is 6.81. The van der Waals surface area contributed by atoms with Gasteiger partial charge in [-0.05, 0) is 43.1 Å². The minimum absolute atomic E-state index is 0.0213. The Bertz CT molecular complexity index is 722. The van der Waals surface area contributed by atoms with E-state index in [-0.39, 0.29) is 11.9 Å². The molecule has 2 aromatic rings. The topological polar surface area (TPSA) is 63.2 Å². The molecule has 5 nitrogen and oxygen atoms in total. The highest BCUT2D eigenvalue weighted by Crippen LogP contribution is 2.32. The molecule has 0 spiro atoms. The first-order chi connectivity index (χ1) is 11.3. The molecule has 6 heteroatoms. The molecule has 1 aromatic carbocycles. The van der Waals surface area contributed by atoms with Crippen molar-refractivity contribution in [2.24, 2.45) is 0 Å². The van der Waals surface area contributed by atoms with Crippen molar-refractivity contribution in [2.75, 3.05) is 18.5 Å². The number of piperidine rings is 1. The Morgan fingerprint density at radius 3 is 3.22 bits per heavy atom. The van der Waals surface area contributed by atoms with Gasteiger partial charge in [0.1, 0.15) is 5.75 Å². The Morgan fingerprint density at radius 1 is 1.39 bits per heavy atom. The number of nitrogens with zero attached hydrogens (tertiary/aromatic N) is 1. The first-order valence-corrected chi connectivity index (χ1v) is 8.93. The molecular formula is C17H19N3O2S. The number of carbonyl (C=O) groups excluding carboxylic acids is 1. The highest BCUT2D eigenvalue weighted by Gasteiger charge is 2.21. The van der Waals surface area contributed by atoms with Crippen molar-refractivity contribution in [3.05, 3.63) is 29.1 Å². The lowest BCUT2D eigenvalue weighted by Gasteiger charge is -2.21. The largest absolute Gasteiger partial charge is 0.493 e. The summed E-state index contributed by atoms with van der Waals surface area (Å²) in [4.78, 5) is 16.8. The van der Waals surface area contributed by atoms with E-state index in [0.717, 1.165) is 55.8 Å². The summed E-state index contributed by atoms with van der Waals surface area (Å²) < 4.78 is 5.53. The summed E-state index contributed by atoms with van der Waals surface area (Å²) in [7, 11) is 0. The fourth-order valence-electron chi connectivity index (χ4n) is 3.08. The summed E-state index contributed by atoms with van der Waals surface area (Å²) in [6, 6.07) is 6.06. The standard InChI is InChI=1S/C17H19N3O2S/c21-16(13-3-1-2-7-18-13)20-17-19-14(10-23-17)11-4-5-15-12(9-11)6-8-22-15/h4-5,9-10,13,18H,1-3,6-8H2,(H,19,20,21). The van der Waals surface area contributed by atoms with E-state index in [1.807, 2.05) is 17.5 Å². The third kappa shape index (κ3) is 3.09. The number of ether oxygens (including phenoxy) is 1. The van der Waals surface area contributed by atoms with Gasteiger partial charge in [-0.25, -0.2) is 4.98 Å². The maximum absolute atomic E-state index is 12.2. The summed E-state index contributed by atoms with van der Waals surface area (Å²) >= 11 is 1.47. The molecule has 120 valence electrons. The van der Waals surface area contributed by atoms with Crippen molar-refractivity contribution in [3.8, 4) is 17.0 Å². The van der Waals surface area contributed by atoms with Crippen LogP contribution < -0.4 is 15.4 Å². The smallest absolute Gasteiger partial charge is 0.243 e. The number of benzene rings is 1. The van der Waals surface area contributed by atoms with Crippen molar-refractivity contribution in [1.82, 2.24) is 10.3 Å². The van der Waals surface area contributed by atoms with E-state index in [9.17, 15) is 4.79 Å². The highest BCUT2D eigenvalue weighted by atomic mass is 32.1. The molecule has 3 heterocycles. The molecule has 0 bridgehead atoms. The van der Waals surface area contributed by atoms with Crippen molar-refractivity contribution < 1.29 is 9.53 Å². The van der Waals surface area contributed by atoms with Gasteiger partial charge in [0.2, 0.25) is 5.91 Å². The van der Waals surface area contributed by atoms with Crippen molar-refractivity contribution >= 4 is 22.4 Å². The minimum Gasteiger partial charge on any atom is -0.493 e. The summed E-state index contributed by atoms with van der Waals surface area (Å²) in [5.74, 6) is 0.994. The quantitative estimate of drug-likeness (QED) is 0.909. The van der Waals surface area contributed by atoms with E-state index in [4.69, 9.17) is 4.74 Å². The van der Waals surface area contributed by atoms with E-state index in [2.05, 4.69) is 21.7 Å². The summed E-state index contributed by atoms with van der Waals surface area (Å²) in [5.41, 5.74) is 3.20. The normalized spacial score (nSPS) is 19.9. The maximum Gasteiger partial charge on any atom is 0.243 e. The number of anilines is 1. The third-order valence-electron chi connectivity index (χ3n) is 4.35. The third-order valence-corrected chi connectivity index (χ3v) is 5.10. The Kier molecular flexibility index (Phi) is 4.01. The van der Waals surface area contributed by atoms with Gasteiger partial charge in [0, 0.05) is 17.4 Å². The lowest BCUT2D eigenvalue weighted by molar-refractivity contribution is -0.118. The van der Waals surface area contributed by atoms with Crippen LogP contribution in [-0.2, 0) is 11.2 Å². The molecule has 1 amide bonds. The van der Waals surface area contributed by atoms with Gasteiger partial charge in [0.05, 0.1) is 18.3 Å².